The van der Waals surface area contributed by atoms with Crippen LogP contribution in [0.5, 0.6) is 11.5 Å². The van der Waals surface area contributed by atoms with Crippen molar-refractivity contribution in [3.05, 3.63) is 56.0 Å². The summed E-state index contributed by atoms with van der Waals surface area (Å²) in [5.41, 5.74) is 1.92. The number of hydrogen-bond donors (Lipinski definition) is 0. The van der Waals surface area contributed by atoms with E-state index in [1.807, 2.05) is 6.07 Å². The van der Waals surface area contributed by atoms with E-state index in [9.17, 15) is 14.4 Å². The Morgan fingerprint density at radius 2 is 1.39 bits per heavy atom. The quantitative estimate of drug-likeness (QED) is 0.411. The van der Waals surface area contributed by atoms with E-state index in [1.165, 1.54) is 20.8 Å². The van der Waals surface area contributed by atoms with E-state index in [2.05, 4.69) is 31.9 Å². The van der Waals surface area contributed by atoms with Gasteiger partial charge in [-0.2, -0.15) is 0 Å². The minimum atomic E-state index is -0.498. The Bertz CT molecular complexity index is 923. The fourth-order valence-electron chi connectivity index (χ4n) is 2.55. The average molecular weight is 514 g/mol. The minimum absolute atomic E-state index is 0.0420. The topological polar surface area (TPSA) is 78.9 Å². The van der Waals surface area contributed by atoms with Crippen LogP contribution >= 0.6 is 31.9 Å². The largest absolute Gasteiger partial charge is 0.461 e. The molecule has 2 aromatic carbocycles. The van der Waals surface area contributed by atoms with Crippen LogP contribution in [0.15, 0.2) is 39.3 Å². The highest BCUT2D eigenvalue weighted by molar-refractivity contribution is 9.10. The van der Waals surface area contributed by atoms with Crippen LogP contribution in [0.25, 0.3) is 0 Å². The number of esters is 3. The standard InChI is InChI=1S/C20H18Br2O6/c1-11(23)26-10-16-9-18(22)8-15(20(16)28-13(3)25)6-14-7-17(21)4-5-19(14)27-12(2)24/h4-5,7-9H,6,10H2,1-3H3. The van der Waals surface area contributed by atoms with Gasteiger partial charge in [-0.25, -0.2) is 0 Å². The fourth-order valence-corrected chi connectivity index (χ4v) is 3.51. The predicted molar refractivity (Wildman–Crippen MR) is 109 cm³/mol. The van der Waals surface area contributed by atoms with Gasteiger partial charge in [0.2, 0.25) is 0 Å². The highest BCUT2D eigenvalue weighted by atomic mass is 79.9. The van der Waals surface area contributed by atoms with E-state index in [0.29, 0.717) is 29.0 Å². The Hall–Kier alpha value is -2.19. The Labute approximate surface area is 179 Å². The van der Waals surface area contributed by atoms with E-state index in [-0.39, 0.29) is 6.61 Å². The van der Waals surface area contributed by atoms with Crippen LogP contribution in [0.4, 0.5) is 0 Å². The van der Waals surface area contributed by atoms with Crippen LogP contribution in [-0.2, 0) is 32.1 Å². The SMILES string of the molecule is CC(=O)OCc1cc(Br)cc(Cc2cc(Br)ccc2OC(C)=O)c1OC(C)=O. The fraction of sp³-hybridized carbons (Fsp3) is 0.250. The molecule has 0 aliphatic rings. The van der Waals surface area contributed by atoms with Gasteiger partial charge in [0, 0.05) is 52.8 Å². The molecule has 0 amide bonds. The van der Waals surface area contributed by atoms with Crippen molar-refractivity contribution >= 4 is 49.8 Å². The van der Waals surface area contributed by atoms with Crippen molar-refractivity contribution < 1.29 is 28.6 Å². The molecular weight excluding hydrogens is 496 g/mol. The van der Waals surface area contributed by atoms with Crippen LogP contribution in [0, 0.1) is 0 Å². The van der Waals surface area contributed by atoms with E-state index in [1.54, 1.807) is 24.3 Å². The lowest BCUT2D eigenvalue weighted by Gasteiger charge is -2.16. The number of ether oxygens (including phenoxy) is 3. The molecule has 6 nitrogen and oxygen atoms in total. The van der Waals surface area contributed by atoms with Crippen molar-refractivity contribution in [2.45, 2.75) is 33.8 Å². The van der Waals surface area contributed by atoms with Crippen molar-refractivity contribution in [3.63, 3.8) is 0 Å². The first-order valence-corrected chi connectivity index (χ1v) is 9.84. The van der Waals surface area contributed by atoms with E-state index in [4.69, 9.17) is 14.2 Å². The van der Waals surface area contributed by atoms with Crippen molar-refractivity contribution in [1.82, 2.24) is 0 Å². The molecule has 0 heterocycles. The second kappa shape index (κ2) is 9.84. The third-order valence-corrected chi connectivity index (χ3v) is 4.49. The Balaban J connectivity index is 2.52. The van der Waals surface area contributed by atoms with Gasteiger partial charge in [0.1, 0.15) is 18.1 Å². The van der Waals surface area contributed by atoms with Crippen LogP contribution in [0.1, 0.15) is 37.5 Å². The molecular formula is C20H18Br2O6. The van der Waals surface area contributed by atoms with Gasteiger partial charge in [0.25, 0.3) is 0 Å². The molecule has 0 atom stereocenters. The highest BCUT2D eigenvalue weighted by Crippen LogP contribution is 2.34. The molecule has 0 aliphatic carbocycles. The molecule has 28 heavy (non-hydrogen) atoms. The van der Waals surface area contributed by atoms with E-state index in [0.717, 1.165) is 14.5 Å². The van der Waals surface area contributed by atoms with Crippen LogP contribution in [0.3, 0.4) is 0 Å². The van der Waals surface area contributed by atoms with Gasteiger partial charge in [-0.15, -0.1) is 0 Å². The lowest BCUT2D eigenvalue weighted by Crippen LogP contribution is -2.10. The third kappa shape index (κ3) is 6.45. The lowest BCUT2D eigenvalue weighted by atomic mass is 10.0. The van der Waals surface area contributed by atoms with Gasteiger partial charge in [0.15, 0.2) is 0 Å². The van der Waals surface area contributed by atoms with Gasteiger partial charge in [-0.05, 0) is 30.3 Å². The average Bonchev–Trinajstić information content (AvgIpc) is 2.57. The molecule has 0 spiro atoms. The first-order chi connectivity index (χ1) is 13.2. The summed E-state index contributed by atoms with van der Waals surface area (Å²) in [5, 5.41) is 0. The zero-order valence-electron chi connectivity index (χ0n) is 15.5. The molecule has 0 saturated carbocycles. The molecule has 0 unspecified atom stereocenters. The summed E-state index contributed by atoms with van der Waals surface area (Å²) >= 11 is 6.84. The molecule has 0 saturated heterocycles. The summed E-state index contributed by atoms with van der Waals surface area (Å²) in [6.07, 6.45) is 0.317. The maximum atomic E-state index is 11.6. The number of halogens is 2. The van der Waals surface area contributed by atoms with Gasteiger partial charge in [-0.3, -0.25) is 14.4 Å². The predicted octanol–water partition coefficient (Wildman–Crippen LogP) is 4.72. The molecule has 148 valence electrons. The molecule has 0 radical (unpaired) electrons. The number of rotatable bonds is 6. The third-order valence-electron chi connectivity index (χ3n) is 3.54. The molecule has 2 rings (SSSR count). The minimum Gasteiger partial charge on any atom is -0.461 e. The Morgan fingerprint density at radius 1 is 0.786 bits per heavy atom. The van der Waals surface area contributed by atoms with Crippen LogP contribution < -0.4 is 9.47 Å². The van der Waals surface area contributed by atoms with E-state index >= 15 is 0 Å². The molecule has 0 N–H and O–H groups in total. The van der Waals surface area contributed by atoms with Crippen molar-refractivity contribution in [1.29, 1.82) is 0 Å². The van der Waals surface area contributed by atoms with Crippen molar-refractivity contribution in [3.8, 4) is 11.5 Å². The first-order valence-electron chi connectivity index (χ1n) is 8.25. The summed E-state index contributed by atoms with van der Waals surface area (Å²) in [6.45, 7) is 3.88. The zero-order chi connectivity index (χ0) is 20.8. The maximum absolute atomic E-state index is 11.6. The van der Waals surface area contributed by atoms with Crippen LogP contribution in [0.2, 0.25) is 0 Å². The molecule has 0 bridgehead atoms. The van der Waals surface area contributed by atoms with Crippen molar-refractivity contribution in [2.75, 3.05) is 0 Å². The normalized spacial score (nSPS) is 10.3. The van der Waals surface area contributed by atoms with Gasteiger partial charge in [0.05, 0.1) is 0 Å². The maximum Gasteiger partial charge on any atom is 0.308 e. The summed E-state index contributed by atoms with van der Waals surface area (Å²) < 4.78 is 17.3. The molecule has 0 aromatic heterocycles. The number of carbonyl (C=O) groups is 3. The smallest absolute Gasteiger partial charge is 0.308 e. The second-order valence-electron chi connectivity index (χ2n) is 5.95. The first kappa shape index (κ1) is 22.1. The van der Waals surface area contributed by atoms with Gasteiger partial charge in [-0.1, -0.05) is 31.9 Å². The second-order valence-corrected chi connectivity index (χ2v) is 7.78. The summed E-state index contributed by atoms with van der Waals surface area (Å²) in [7, 11) is 0. The number of carbonyl (C=O) groups excluding carboxylic acids is 3. The monoisotopic (exact) mass is 512 g/mol. The zero-order valence-corrected chi connectivity index (χ0v) is 18.7. The molecule has 8 heteroatoms. The summed E-state index contributed by atoms with van der Waals surface area (Å²) in [4.78, 5) is 34.3. The molecule has 2 aromatic rings. The van der Waals surface area contributed by atoms with Gasteiger partial charge >= 0.3 is 17.9 Å². The lowest BCUT2D eigenvalue weighted by molar-refractivity contribution is -0.142. The molecule has 0 aliphatic heterocycles. The number of benzene rings is 2. The van der Waals surface area contributed by atoms with Crippen LogP contribution in [-0.4, -0.2) is 17.9 Å². The highest BCUT2D eigenvalue weighted by Gasteiger charge is 2.18. The van der Waals surface area contributed by atoms with Crippen molar-refractivity contribution in [2.24, 2.45) is 0 Å². The summed E-state index contributed by atoms with van der Waals surface area (Å²) in [5.74, 6) is -0.660. The summed E-state index contributed by atoms with van der Waals surface area (Å²) in [6, 6.07) is 8.79. The van der Waals surface area contributed by atoms with E-state index < -0.39 is 17.9 Å². The molecule has 0 fully saturated rings. The van der Waals surface area contributed by atoms with Gasteiger partial charge < -0.3 is 14.2 Å². The Kier molecular flexibility index (Phi) is 7.77. The Morgan fingerprint density at radius 3 is 2.00 bits per heavy atom. The number of hydrogen-bond acceptors (Lipinski definition) is 6.